The molecule has 18 nitrogen and oxygen atoms in total. The average molecular weight is 888 g/mol. The number of carbonyl (C=O) groups excluding carboxylic acids is 8. The molecule has 7 amide bonds. The van der Waals surface area contributed by atoms with Gasteiger partial charge in [-0.2, -0.15) is 0 Å². The van der Waals surface area contributed by atoms with Crippen LogP contribution >= 0.6 is 0 Å². The van der Waals surface area contributed by atoms with Crippen molar-refractivity contribution in [1.82, 2.24) is 31.9 Å². The number of phenolic OH excluding ortho intramolecular Hbond substituents is 1. The minimum absolute atomic E-state index is 0.0390. The van der Waals surface area contributed by atoms with Crippen molar-refractivity contribution in [2.45, 2.75) is 187 Å². The normalized spacial score (nSPS) is 25.3. The third kappa shape index (κ3) is 19.3. The maximum atomic E-state index is 14.3. The topological polar surface area (TPSA) is 284 Å². The number of aliphatic hydroxyl groups is 1. The predicted octanol–water partition coefficient (Wildman–Crippen LogP) is 2.06. The van der Waals surface area contributed by atoms with Gasteiger partial charge in [0.25, 0.3) is 0 Å². The summed E-state index contributed by atoms with van der Waals surface area (Å²) in [7, 11) is 0. The van der Waals surface area contributed by atoms with Gasteiger partial charge in [0.15, 0.2) is 0 Å². The summed E-state index contributed by atoms with van der Waals surface area (Å²) in [6.45, 7) is 11.5. The van der Waals surface area contributed by atoms with Gasteiger partial charge in [-0.1, -0.05) is 97.6 Å². The number of nitrogens with one attached hydrogen (secondary N) is 6. The maximum Gasteiger partial charge on any atom is 0.329 e. The first kappa shape index (κ1) is 53.9. The first-order chi connectivity index (χ1) is 29.8. The van der Waals surface area contributed by atoms with E-state index < -0.39 is 108 Å². The SMILES string of the molecule is CCCCCCCCCC[C@@H](C)[C@@H]1CC(=O)N[C@H]([C@@H](C)O)C(=O)N[C@@H](C)C(=O)N[C@H](C)C(=O)N[C@@H](CCC(N)=O)C(=O)N[C@H](Cc2ccc(O)cc2)C(=O)N[C@@H]([C@H](C)CC)C(=O)O1. The Bertz CT molecular complexity index is 1670. The molecular formula is C45H73N7O11. The van der Waals surface area contributed by atoms with Crippen LogP contribution in [0.2, 0.25) is 0 Å². The molecule has 10 atom stereocenters. The molecule has 1 aliphatic rings. The third-order valence-corrected chi connectivity index (χ3v) is 11.5. The third-order valence-electron chi connectivity index (χ3n) is 11.5. The van der Waals surface area contributed by atoms with Crippen LogP contribution in [0.25, 0.3) is 0 Å². The number of ether oxygens (including phenoxy) is 1. The Kier molecular flexibility index (Phi) is 23.7. The lowest BCUT2D eigenvalue weighted by molar-refractivity contribution is -0.159. The summed E-state index contributed by atoms with van der Waals surface area (Å²) in [5, 5.41) is 35.8. The standard InChI is InChI=1S/C45H73N7O11/c1-8-10-11-12-13-14-15-16-17-27(4)35-25-37(56)51-39(30(7)53)44(61)48-28(5)40(57)47-29(6)41(58)49-33(22-23-36(46)55)42(59)50-34(24-31-18-20-32(54)21-19-31)43(60)52-38(26(3)9-2)45(62)63-35/h18-21,26-30,33-35,38-39,53-54H,8-17,22-25H2,1-7H3,(H2,46,55)(H,47,57)(H,48,61)(H,49,58)(H,50,59)(H,51,56)(H,52,60)/t26-,27-,28+,29-,30-,33+,34-,35+,38+,39-/m1/s1. The van der Waals surface area contributed by atoms with E-state index >= 15 is 0 Å². The first-order valence-corrected chi connectivity index (χ1v) is 22.5. The zero-order valence-corrected chi connectivity index (χ0v) is 38.1. The molecule has 10 N–H and O–H groups in total. The van der Waals surface area contributed by atoms with Crippen molar-refractivity contribution < 1.29 is 53.3 Å². The van der Waals surface area contributed by atoms with Crippen LogP contribution in [-0.4, -0.2) is 106 Å². The van der Waals surface area contributed by atoms with Crippen LogP contribution in [0.3, 0.4) is 0 Å². The van der Waals surface area contributed by atoms with E-state index in [-0.39, 0.29) is 30.9 Å². The molecule has 1 aliphatic heterocycles. The van der Waals surface area contributed by atoms with Crippen molar-refractivity contribution in [3.8, 4) is 5.75 Å². The zero-order valence-electron chi connectivity index (χ0n) is 38.1. The molecule has 0 aromatic heterocycles. The van der Waals surface area contributed by atoms with E-state index in [9.17, 15) is 48.6 Å². The molecule has 63 heavy (non-hydrogen) atoms. The highest BCUT2D eigenvalue weighted by molar-refractivity contribution is 5.97. The summed E-state index contributed by atoms with van der Waals surface area (Å²) < 4.78 is 6.10. The number of hydrogen-bond donors (Lipinski definition) is 9. The van der Waals surface area contributed by atoms with Crippen molar-refractivity contribution in [2.24, 2.45) is 17.6 Å². The maximum absolute atomic E-state index is 14.3. The number of carbonyl (C=O) groups is 8. The Labute approximate surface area is 371 Å². The molecule has 18 heteroatoms. The van der Waals surface area contributed by atoms with E-state index in [2.05, 4.69) is 38.8 Å². The molecule has 1 aromatic carbocycles. The van der Waals surface area contributed by atoms with E-state index in [4.69, 9.17) is 10.5 Å². The largest absolute Gasteiger partial charge is 0.508 e. The predicted molar refractivity (Wildman–Crippen MR) is 235 cm³/mol. The number of hydrogen-bond acceptors (Lipinski definition) is 11. The molecule has 1 fully saturated rings. The minimum atomic E-state index is -1.52. The smallest absolute Gasteiger partial charge is 0.329 e. The molecule has 0 radical (unpaired) electrons. The number of benzene rings is 1. The van der Waals surface area contributed by atoms with E-state index in [1.54, 1.807) is 19.1 Å². The van der Waals surface area contributed by atoms with Crippen LogP contribution in [-0.2, 0) is 49.5 Å². The molecule has 1 heterocycles. The second kappa shape index (κ2) is 27.7. The van der Waals surface area contributed by atoms with Crippen molar-refractivity contribution in [1.29, 1.82) is 0 Å². The zero-order chi connectivity index (χ0) is 47.2. The second-order valence-electron chi connectivity index (χ2n) is 17.0. The Hall–Kier alpha value is -5.26. The molecular weight excluding hydrogens is 815 g/mol. The van der Waals surface area contributed by atoms with Gasteiger partial charge in [-0.05, 0) is 63.1 Å². The van der Waals surface area contributed by atoms with Gasteiger partial charge in [-0.15, -0.1) is 0 Å². The number of esters is 1. The highest BCUT2D eigenvalue weighted by atomic mass is 16.5. The molecule has 1 aromatic rings. The molecule has 2 rings (SSSR count). The summed E-state index contributed by atoms with van der Waals surface area (Å²) in [6.07, 6.45) is 5.99. The van der Waals surface area contributed by atoms with Crippen molar-refractivity contribution in [3.05, 3.63) is 29.8 Å². The van der Waals surface area contributed by atoms with Crippen molar-refractivity contribution in [2.75, 3.05) is 0 Å². The quantitative estimate of drug-likeness (QED) is 0.0760. The fourth-order valence-corrected chi connectivity index (χ4v) is 7.09. The number of rotatable bonds is 18. The van der Waals surface area contributed by atoms with E-state index in [1.165, 1.54) is 45.7 Å². The van der Waals surface area contributed by atoms with Gasteiger partial charge in [-0.3, -0.25) is 33.6 Å². The summed E-state index contributed by atoms with van der Waals surface area (Å²) >= 11 is 0. The Morgan fingerprint density at radius 2 is 1.24 bits per heavy atom. The fourth-order valence-electron chi connectivity index (χ4n) is 7.09. The lowest BCUT2D eigenvalue weighted by atomic mass is 9.93. The van der Waals surface area contributed by atoms with Crippen molar-refractivity contribution >= 4 is 47.3 Å². The molecule has 0 bridgehead atoms. The Balaban J connectivity index is 2.61. The van der Waals surface area contributed by atoms with Gasteiger partial charge in [0.2, 0.25) is 41.4 Å². The summed E-state index contributed by atoms with van der Waals surface area (Å²) in [4.78, 5) is 108. The Morgan fingerprint density at radius 1 is 0.698 bits per heavy atom. The fraction of sp³-hybridized carbons (Fsp3) is 0.689. The average Bonchev–Trinajstić information content (AvgIpc) is 3.23. The van der Waals surface area contributed by atoms with Gasteiger partial charge in [0.1, 0.15) is 48.1 Å². The van der Waals surface area contributed by atoms with Crippen LogP contribution in [0.15, 0.2) is 24.3 Å². The summed E-state index contributed by atoms with van der Waals surface area (Å²) in [5.74, 6) is -7.44. The molecule has 0 saturated carbocycles. The van der Waals surface area contributed by atoms with Gasteiger partial charge in [0.05, 0.1) is 12.5 Å². The van der Waals surface area contributed by atoms with Crippen LogP contribution in [0.5, 0.6) is 5.75 Å². The highest BCUT2D eigenvalue weighted by Crippen LogP contribution is 2.23. The molecule has 1 saturated heterocycles. The van der Waals surface area contributed by atoms with Crippen LogP contribution < -0.4 is 37.6 Å². The number of aliphatic hydroxyl groups excluding tert-OH is 1. The number of amides is 7. The van der Waals surface area contributed by atoms with Crippen LogP contribution in [0.4, 0.5) is 0 Å². The van der Waals surface area contributed by atoms with Gasteiger partial charge in [-0.25, -0.2) is 4.79 Å². The highest BCUT2D eigenvalue weighted by Gasteiger charge is 2.37. The molecule has 0 unspecified atom stereocenters. The first-order valence-electron chi connectivity index (χ1n) is 22.5. The Morgan fingerprint density at radius 3 is 1.81 bits per heavy atom. The van der Waals surface area contributed by atoms with E-state index in [1.807, 2.05) is 13.8 Å². The minimum Gasteiger partial charge on any atom is -0.508 e. The van der Waals surface area contributed by atoms with Gasteiger partial charge < -0.3 is 52.6 Å². The number of nitrogens with two attached hydrogens (primary N) is 1. The lowest BCUT2D eigenvalue weighted by Gasteiger charge is -2.31. The van der Waals surface area contributed by atoms with Gasteiger partial charge in [0, 0.05) is 12.8 Å². The number of phenols is 1. The molecule has 0 aliphatic carbocycles. The summed E-state index contributed by atoms with van der Waals surface area (Å²) in [6, 6.07) is -2.24. The number of unbranched alkanes of at least 4 members (excludes halogenated alkanes) is 7. The molecule has 354 valence electrons. The molecule has 0 spiro atoms. The monoisotopic (exact) mass is 888 g/mol. The second-order valence-corrected chi connectivity index (χ2v) is 17.0. The van der Waals surface area contributed by atoms with Crippen LogP contribution in [0.1, 0.15) is 138 Å². The van der Waals surface area contributed by atoms with Gasteiger partial charge >= 0.3 is 5.97 Å². The van der Waals surface area contributed by atoms with E-state index in [0.29, 0.717) is 18.4 Å². The van der Waals surface area contributed by atoms with E-state index in [0.717, 1.165) is 38.5 Å². The number of cyclic esters (lactones) is 1. The lowest BCUT2D eigenvalue weighted by Crippen LogP contribution is -2.60. The number of primary amides is 1. The van der Waals surface area contributed by atoms with Crippen LogP contribution in [0, 0.1) is 11.8 Å². The summed E-state index contributed by atoms with van der Waals surface area (Å²) in [5.41, 5.74) is 5.90. The van der Waals surface area contributed by atoms with Crippen molar-refractivity contribution in [3.63, 3.8) is 0 Å². The number of aromatic hydroxyl groups is 1.